The van der Waals surface area contributed by atoms with Gasteiger partial charge in [-0.2, -0.15) is 13.5 Å². The zero-order valence-electron chi connectivity index (χ0n) is 14.0. The zero-order valence-corrected chi connectivity index (χ0v) is 15.9. The second kappa shape index (κ2) is 6.53. The number of aryl methyl sites for hydroxylation is 2. The molecule has 1 aliphatic carbocycles. The fraction of sp³-hybridized carbons (Fsp3) is 0.412. The Bertz CT molecular complexity index is 787. The van der Waals surface area contributed by atoms with E-state index in [1.54, 1.807) is 18.4 Å². The number of hydrogen-bond donors (Lipinski definition) is 1. The molecule has 6 heteroatoms. The molecule has 1 N–H and O–H groups in total. The quantitative estimate of drug-likeness (QED) is 0.888. The predicted molar refractivity (Wildman–Crippen MR) is 99.5 cm³/mol. The third kappa shape index (κ3) is 2.85. The number of aromatic nitrogens is 1. The highest BCUT2D eigenvalue weighted by atomic mass is 32.1. The number of thiophene rings is 1. The molecule has 1 amide bonds. The fourth-order valence-corrected chi connectivity index (χ4v) is 4.44. The average molecular weight is 351 g/mol. The Balaban J connectivity index is 0.00000192. The fourth-order valence-electron chi connectivity index (χ4n) is 3.11. The van der Waals surface area contributed by atoms with Crippen LogP contribution in [0.25, 0.3) is 16.0 Å². The van der Waals surface area contributed by atoms with E-state index in [0.717, 1.165) is 17.0 Å². The maximum absolute atomic E-state index is 11.8. The van der Waals surface area contributed by atoms with Gasteiger partial charge >= 0.3 is 0 Å². The molecule has 0 aromatic carbocycles. The molecule has 4 nitrogen and oxygen atoms in total. The molecular formula is C17H22N2O2S2. The first-order valence-corrected chi connectivity index (χ1v) is 8.21. The van der Waals surface area contributed by atoms with Crippen LogP contribution in [0.2, 0.25) is 0 Å². The molecule has 0 saturated carbocycles. The van der Waals surface area contributed by atoms with Gasteiger partial charge in [0.1, 0.15) is 0 Å². The van der Waals surface area contributed by atoms with Gasteiger partial charge in [0.05, 0.1) is 11.3 Å². The van der Waals surface area contributed by atoms with Gasteiger partial charge in [-0.05, 0) is 44.4 Å². The summed E-state index contributed by atoms with van der Waals surface area (Å²) in [5, 5.41) is 6.85. The predicted octanol–water partition coefficient (Wildman–Crippen LogP) is 4.08. The van der Waals surface area contributed by atoms with Gasteiger partial charge in [0.15, 0.2) is 5.76 Å². The lowest BCUT2D eigenvalue weighted by atomic mass is 9.97. The molecule has 3 rings (SSSR count). The van der Waals surface area contributed by atoms with E-state index >= 15 is 0 Å². The number of allylic oxidation sites excluding steroid dienone is 2. The molecular weight excluding hydrogens is 328 g/mol. The molecule has 2 aromatic heterocycles. The van der Waals surface area contributed by atoms with E-state index in [-0.39, 0.29) is 25.3 Å². The summed E-state index contributed by atoms with van der Waals surface area (Å²) in [7, 11) is 1.66. The van der Waals surface area contributed by atoms with E-state index < -0.39 is 0 Å². The highest BCUT2D eigenvalue weighted by molar-refractivity contribution is 7.59. The van der Waals surface area contributed by atoms with Crippen LogP contribution < -0.4 is 5.32 Å². The van der Waals surface area contributed by atoms with Gasteiger partial charge < -0.3 is 9.84 Å². The lowest BCUT2D eigenvalue weighted by molar-refractivity contribution is -0.120. The lowest BCUT2D eigenvalue weighted by Gasteiger charge is -2.09. The van der Waals surface area contributed by atoms with Crippen molar-refractivity contribution in [2.45, 2.75) is 40.0 Å². The Morgan fingerprint density at radius 2 is 2.00 bits per heavy atom. The van der Waals surface area contributed by atoms with E-state index in [1.807, 2.05) is 6.92 Å². The second-order valence-corrected chi connectivity index (χ2v) is 7.05. The van der Waals surface area contributed by atoms with Crippen LogP contribution in [0.1, 0.15) is 46.7 Å². The Morgan fingerprint density at radius 1 is 1.30 bits per heavy atom. The summed E-state index contributed by atoms with van der Waals surface area (Å²) >= 11 is 1.78. The first kappa shape index (κ1) is 17.8. The number of rotatable bonds is 2. The van der Waals surface area contributed by atoms with Crippen LogP contribution in [0.4, 0.5) is 0 Å². The molecule has 1 aliphatic rings. The van der Waals surface area contributed by atoms with E-state index in [0.29, 0.717) is 6.42 Å². The van der Waals surface area contributed by atoms with Crippen molar-refractivity contribution >= 4 is 36.3 Å². The molecule has 0 fully saturated rings. The number of nitrogens with one attached hydrogen (secondary N) is 1. The first-order valence-electron chi connectivity index (χ1n) is 7.40. The highest BCUT2D eigenvalue weighted by Crippen LogP contribution is 2.48. The molecule has 124 valence electrons. The van der Waals surface area contributed by atoms with Crippen molar-refractivity contribution in [1.29, 1.82) is 0 Å². The number of hydrogen-bond acceptors (Lipinski definition) is 4. The minimum Gasteiger partial charge on any atom is -0.360 e. The van der Waals surface area contributed by atoms with Gasteiger partial charge in [-0.1, -0.05) is 11.2 Å². The van der Waals surface area contributed by atoms with Crippen molar-refractivity contribution in [1.82, 2.24) is 10.5 Å². The van der Waals surface area contributed by atoms with Crippen LogP contribution in [0.15, 0.2) is 10.6 Å². The SMILES string of the molecule is CNC(=O)C[C@@H]1C=C(C)c2c(sc(C)c2C)-c2c(C)noc21.S. The molecule has 23 heavy (non-hydrogen) atoms. The molecule has 0 saturated heterocycles. The number of nitrogens with zero attached hydrogens (tertiary/aromatic N) is 1. The monoisotopic (exact) mass is 350 g/mol. The van der Waals surface area contributed by atoms with Gasteiger partial charge in [-0.15, -0.1) is 11.3 Å². The topological polar surface area (TPSA) is 55.1 Å². The lowest BCUT2D eigenvalue weighted by Crippen LogP contribution is -2.19. The van der Waals surface area contributed by atoms with Crippen LogP contribution in [0.5, 0.6) is 0 Å². The maximum Gasteiger partial charge on any atom is 0.220 e. The van der Waals surface area contributed by atoms with Gasteiger partial charge in [-0.25, -0.2) is 0 Å². The zero-order chi connectivity index (χ0) is 16.0. The van der Waals surface area contributed by atoms with Gasteiger partial charge in [0, 0.05) is 29.1 Å². The summed E-state index contributed by atoms with van der Waals surface area (Å²) in [6.45, 7) is 8.38. The van der Waals surface area contributed by atoms with Gasteiger partial charge in [-0.3, -0.25) is 4.79 Å². The van der Waals surface area contributed by atoms with E-state index in [2.05, 4.69) is 37.3 Å². The largest absolute Gasteiger partial charge is 0.360 e. The molecule has 2 aromatic rings. The van der Waals surface area contributed by atoms with E-state index in [9.17, 15) is 4.79 Å². The maximum atomic E-state index is 11.8. The Labute approximate surface area is 147 Å². The minimum atomic E-state index is -0.0737. The summed E-state index contributed by atoms with van der Waals surface area (Å²) in [6.07, 6.45) is 2.52. The number of fused-ring (bicyclic) bond motifs is 3. The summed E-state index contributed by atoms with van der Waals surface area (Å²) in [5.41, 5.74) is 5.74. The van der Waals surface area contributed by atoms with Crippen molar-refractivity contribution in [3.8, 4) is 10.4 Å². The van der Waals surface area contributed by atoms with Crippen molar-refractivity contribution in [3.63, 3.8) is 0 Å². The van der Waals surface area contributed by atoms with E-state index in [4.69, 9.17) is 4.52 Å². The summed E-state index contributed by atoms with van der Waals surface area (Å²) < 4.78 is 5.61. The third-order valence-electron chi connectivity index (χ3n) is 4.37. The first-order chi connectivity index (χ1) is 10.4. The van der Waals surface area contributed by atoms with Crippen LogP contribution >= 0.6 is 24.8 Å². The second-order valence-electron chi connectivity index (χ2n) is 5.83. The van der Waals surface area contributed by atoms with Crippen LogP contribution in [-0.2, 0) is 4.79 Å². The van der Waals surface area contributed by atoms with Crippen molar-refractivity contribution < 1.29 is 9.32 Å². The number of carbonyl (C=O) groups excluding carboxylic acids is 1. The van der Waals surface area contributed by atoms with Gasteiger partial charge in [0.25, 0.3) is 0 Å². The molecule has 0 unspecified atom stereocenters. The molecule has 1 atom stereocenters. The normalized spacial score (nSPS) is 15.9. The van der Waals surface area contributed by atoms with Crippen molar-refractivity contribution in [2.75, 3.05) is 7.05 Å². The van der Waals surface area contributed by atoms with Crippen LogP contribution in [0.3, 0.4) is 0 Å². The smallest absolute Gasteiger partial charge is 0.220 e. The Morgan fingerprint density at radius 3 is 2.65 bits per heavy atom. The average Bonchev–Trinajstić information content (AvgIpc) is 2.95. The van der Waals surface area contributed by atoms with Crippen LogP contribution in [0, 0.1) is 20.8 Å². The molecule has 0 radical (unpaired) electrons. The summed E-state index contributed by atoms with van der Waals surface area (Å²) in [4.78, 5) is 14.4. The standard InChI is InChI=1S/C17H20N2O2S.H2S/c1-8-6-12(7-13(20)18-5)16-15(10(3)19-21-16)17-14(8)9(2)11(4)22-17;/h6,12H,7H2,1-5H3,(H,18,20);1H2/t12-;/m0./s1. The third-order valence-corrected chi connectivity index (χ3v) is 5.59. The van der Waals surface area contributed by atoms with Gasteiger partial charge in [0.2, 0.25) is 5.91 Å². The minimum absolute atomic E-state index is 0. The summed E-state index contributed by atoms with van der Waals surface area (Å²) in [5.74, 6) is 0.739. The molecule has 0 bridgehead atoms. The Hall–Kier alpha value is -1.53. The van der Waals surface area contributed by atoms with E-state index in [1.165, 1.54) is 26.5 Å². The Kier molecular flexibility index (Phi) is 5.06. The van der Waals surface area contributed by atoms with Crippen molar-refractivity contribution in [2.24, 2.45) is 0 Å². The highest BCUT2D eigenvalue weighted by Gasteiger charge is 2.31. The molecule has 2 heterocycles. The number of carbonyl (C=O) groups is 1. The summed E-state index contributed by atoms with van der Waals surface area (Å²) in [6, 6.07) is 0. The van der Waals surface area contributed by atoms with Crippen LogP contribution in [-0.4, -0.2) is 18.1 Å². The van der Waals surface area contributed by atoms with Crippen molar-refractivity contribution in [3.05, 3.63) is 33.5 Å². The molecule has 0 spiro atoms. The molecule has 0 aliphatic heterocycles. The number of amides is 1.